The summed E-state index contributed by atoms with van der Waals surface area (Å²) in [6.07, 6.45) is 2.89. The minimum Gasteiger partial charge on any atom is -0.317 e. The van der Waals surface area contributed by atoms with Crippen molar-refractivity contribution in [3.8, 4) is 6.07 Å². The van der Waals surface area contributed by atoms with Crippen LogP contribution in [-0.2, 0) is 23.1 Å². The van der Waals surface area contributed by atoms with E-state index in [2.05, 4.69) is 19.9 Å². The highest BCUT2D eigenvalue weighted by Crippen LogP contribution is 2.12. The first-order valence-electron chi connectivity index (χ1n) is 5.80. The zero-order valence-corrected chi connectivity index (χ0v) is 11.5. The molecule has 0 unspecified atom stereocenters. The van der Waals surface area contributed by atoms with Crippen LogP contribution in [0.4, 0.5) is 0 Å². The largest absolute Gasteiger partial charge is 0.317 e. The Morgan fingerprint density at radius 1 is 1.50 bits per heavy atom. The molecule has 104 valence electrons. The highest BCUT2D eigenvalue weighted by Gasteiger charge is 2.19. The summed E-state index contributed by atoms with van der Waals surface area (Å²) in [6, 6.07) is 4.55. The highest BCUT2D eigenvalue weighted by molar-refractivity contribution is 7.89. The number of pyridine rings is 1. The van der Waals surface area contributed by atoms with E-state index in [4.69, 9.17) is 5.26 Å². The standard InChI is InChI=1S/C11H12N6O2S/c1-2-17-8-14-16-11(17)7-15-20(18,19)10-4-3-5-13-9(10)6-12/h3-5,8,15H,2,7H2,1H3. The summed E-state index contributed by atoms with van der Waals surface area (Å²) in [5.74, 6) is 0.499. The maximum absolute atomic E-state index is 12.1. The van der Waals surface area contributed by atoms with Crippen molar-refractivity contribution in [2.75, 3.05) is 0 Å². The van der Waals surface area contributed by atoms with Gasteiger partial charge in [-0.15, -0.1) is 10.2 Å². The van der Waals surface area contributed by atoms with Gasteiger partial charge in [-0.05, 0) is 19.1 Å². The van der Waals surface area contributed by atoms with Gasteiger partial charge in [-0.25, -0.2) is 18.1 Å². The van der Waals surface area contributed by atoms with Crippen LogP contribution in [0.15, 0.2) is 29.6 Å². The molecule has 1 N–H and O–H groups in total. The number of hydrogen-bond donors (Lipinski definition) is 1. The van der Waals surface area contributed by atoms with E-state index in [0.717, 1.165) is 0 Å². The van der Waals surface area contributed by atoms with E-state index < -0.39 is 10.0 Å². The topological polar surface area (TPSA) is 114 Å². The Morgan fingerprint density at radius 2 is 2.30 bits per heavy atom. The lowest BCUT2D eigenvalue weighted by Crippen LogP contribution is -2.26. The van der Waals surface area contributed by atoms with Crippen molar-refractivity contribution < 1.29 is 8.42 Å². The molecule has 2 rings (SSSR count). The molecule has 0 spiro atoms. The number of rotatable bonds is 5. The predicted molar refractivity (Wildman–Crippen MR) is 68.7 cm³/mol. The molecule has 20 heavy (non-hydrogen) atoms. The van der Waals surface area contributed by atoms with E-state index in [1.54, 1.807) is 10.6 Å². The second-order valence-electron chi connectivity index (χ2n) is 3.82. The minimum absolute atomic E-state index is 0.00403. The molecule has 8 nitrogen and oxygen atoms in total. The number of sulfonamides is 1. The van der Waals surface area contributed by atoms with Crippen molar-refractivity contribution in [3.63, 3.8) is 0 Å². The summed E-state index contributed by atoms with van der Waals surface area (Å²) in [5.41, 5.74) is -0.142. The van der Waals surface area contributed by atoms with Crippen molar-refractivity contribution >= 4 is 10.0 Å². The van der Waals surface area contributed by atoms with Gasteiger partial charge in [-0.3, -0.25) is 0 Å². The first-order chi connectivity index (χ1) is 9.58. The fourth-order valence-corrected chi connectivity index (χ4v) is 2.69. The number of aromatic nitrogens is 4. The average molecular weight is 292 g/mol. The smallest absolute Gasteiger partial charge is 0.243 e. The molecule has 0 bridgehead atoms. The van der Waals surface area contributed by atoms with E-state index in [0.29, 0.717) is 12.4 Å². The lowest BCUT2D eigenvalue weighted by atomic mass is 10.4. The molecule has 2 heterocycles. The Morgan fingerprint density at radius 3 is 3.00 bits per heavy atom. The van der Waals surface area contributed by atoms with E-state index >= 15 is 0 Å². The van der Waals surface area contributed by atoms with Crippen LogP contribution < -0.4 is 4.72 Å². The number of nitrogens with one attached hydrogen (secondary N) is 1. The zero-order valence-electron chi connectivity index (χ0n) is 10.7. The third kappa shape index (κ3) is 2.81. The predicted octanol–water partition coefficient (Wildman–Crippen LogP) is 0.0432. The zero-order chi connectivity index (χ0) is 14.6. The van der Waals surface area contributed by atoms with Crippen LogP contribution in [0.5, 0.6) is 0 Å². The summed E-state index contributed by atoms with van der Waals surface area (Å²) in [7, 11) is -3.82. The van der Waals surface area contributed by atoms with Gasteiger partial charge in [0.15, 0.2) is 5.69 Å². The molecule has 0 aromatic carbocycles. The molecule has 0 saturated heterocycles. The Labute approximate surface area is 116 Å². The van der Waals surface area contributed by atoms with Gasteiger partial charge in [0.25, 0.3) is 0 Å². The average Bonchev–Trinajstić information content (AvgIpc) is 2.92. The maximum atomic E-state index is 12.1. The van der Waals surface area contributed by atoms with E-state index in [9.17, 15) is 8.42 Å². The fourth-order valence-electron chi connectivity index (χ4n) is 1.61. The molecular weight excluding hydrogens is 280 g/mol. The van der Waals surface area contributed by atoms with Crippen molar-refractivity contribution in [1.29, 1.82) is 5.26 Å². The summed E-state index contributed by atoms with van der Waals surface area (Å²) in [4.78, 5) is 3.58. The quantitative estimate of drug-likeness (QED) is 0.832. The number of aryl methyl sites for hydroxylation is 1. The molecule has 0 aliphatic heterocycles. The molecule has 2 aromatic rings. The van der Waals surface area contributed by atoms with E-state index in [1.165, 1.54) is 24.7 Å². The van der Waals surface area contributed by atoms with Gasteiger partial charge in [0, 0.05) is 12.7 Å². The van der Waals surface area contributed by atoms with E-state index in [-0.39, 0.29) is 17.1 Å². The van der Waals surface area contributed by atoms with Gasteiger partial charge >= 0.3 is 0 Å². The van der Waals surface area contributed by atoms with Crippen LogP contribution in [0, 0.1) is 11.3 Å². The Bertz CT molecular complexity index is 746. The molecule has 0 fully saturated rings. The van der Waals surface area contributed by atoms with Crippen LogP contribution in [0.3, 0.4) is 0 Å². The second-order valence-corrected chi connectivity index (χ2v) is 5.56. The van der Waals surface area contributed by atoms with Gasteiger partial charge in [-0.2, -0.15) is 5.26 Å². The van der Waals surface area contributed by atoms with Gasteiger partial charge in [0.1, 0.15) is 23.1 Å². The van der Waals surface area contributed by atoms with Crippen LogP contribution in [0.1, 0.15) is 18.4 Å². The Kier molecular flexibility index (Phi) is 4.07. The third-order valence-electron chi connectivity index (χ3n) is 2.62. The van der Waals surface area contributed by atoms with E-state index in [1.807, 2.05) is 6.92 Å². The first kappa shape index (κ1) is 14.1. The molecule has 2 aromatic heterocycles. The highest BCUT2D eigenvalue weighted by atomic mass is 32.2. The normalized spacial score (nSPS) is 11.2. The fraction of sp³-hybridized carbons (Fsp3) is 0.273. The molecule has 9 heteroatoms. The summed E-state index contributed by atoms with van der Waals surface area (Å²) in [6.45, 7) is 2.53. The van der Waals surface area contributed by atoms with Crippen LogP contribution >= 0.6 is 0 Å². The Hall–Kier alpha value is -2.31. The van der Waals surface area contributed by atoms with Crippen molar-refractivity contribution in [2.45, 2.75) is 24.9 Å². The van der Waals surface area contributed by atoms with Crippen LogP contribution in [-0.4, -0.2) is 28.2 Å². The first-order valence-corrected chi connectivity index (χ1v) is 7.28. The number of hydrogen-bond acceptors (Lipinski definition) is 6. The lowest BCUT2D eigenvalue weighted by Gasteiger charge is -2.07. The van der Waals surface area contributed by atoms with Gasteiger partial charge in [-0.1, -0.05) is 0 Å². The summed E-state index contributed by atoms with van der Waals surface area (Å²) in [5, 5.41) is 16.4. The van der Waals surface area contributed by atoms with Gasteiger partial charge < -0.3 is 4.57 Å². The SMILES string of the molecule is CCn1cnnc1CNS(=O)(=O)c1cccnc1C#N. The molecule has 0 radical (unpaired) electrons. The molecule has 0 aliphatic rings. The monoisotopic (exact) mass is 292 g/mol. The minimum atomic E-state index is -3.82. The maximum Gasteiger partial charge on any atom is 0.243 e. The van der Waals surface area contributed by atoms with Gasteiger partial charge in [0.2, 0.25) is 10.0 Å². The van der Waals surface area contributed by atoms with Crippen LogP contribution in [0.25, 0.3) is 0 Å². The molecule has 0 amide bonds. The van der Waals surface area contributed by atoms with Crippen molar-refractivity contribution in [2.24, 2.45) is 0 Å². The summed E-state index contributed by atoms with van der Waals surface area (Å²) < 4.78 is 28.4. The molecule has 0 aliphatic carbocycles. The van der Waals surface area contributed by atoms with Crippen molar-refractivity contribution in [1.82, 2.24) is 24.5 Å². The number of nitrogens with zero attached hydrogens (tertiary/aromatic N) is 5. The second kappa shape index (κ2) is 5.77. The summed E-state index contributed by atoms with van der Waals surface area (Å²) >= 11 is 0. The third-order valence-corrected chi connectivity index (χ3v) is 4.06. The molecule has 0 saturated carbocycles. The van der Waals surface area contributed by atoms with Crippen molar-refractivity contribution in [3.05, 3.63) is 36.2 Å². The Balaban J connectivity index is 2.22. The molecule has 0 atom stereocenters. The number of nitriles is 1. The lowest BCUT2D eigenvalue weighted by molar-refractivity contribution is 0.574. The van der Waals surface area contributed by atoms with Gasteiger partial charge in [0.05, 0.1) is 6.54 Å². The van der Waals surface area contributed by atoms with Crippen LogP contribution in [0.2, 0.25) is 0 Å². The molecular formula is C11H12N6O2S.